The molecule has 98 valence electrons. The molecule has 0 saturated heterocycles. The third-order valence-corrected chi connectivity index (χ3v) is 4.38. The van der Waals surface area contributed by atoms with Gasteiger partial charge < -0.3 is 10.0 Å². The standard InChI is InChI=1S/C14H21N3O/c1-17(12-7-4-8-13(12)18)14-10-5-2-3-6-11(10)15-9-16-14/h9,12-13,18H,2-8H2,1H3/t12-,13-/m1/s1. The van der Waals surface area contributed by atoms with Crippen molar-refractivity contribution in [1.29, 1.82) is 0 Å². The van der Waals surface area contributed by atoms with E-state index in [4.69, 9.17) is 0 Å². The molecule has 1 fully saturated rings. The molecule has 4 heteroatoms. The zero-order valence-corrected chi connectivity index (χ0v) is 11.0. The van der Waals surface area contributed by atoms with Gasteiger partial charge in [0, 0.05) is 18.3 Å². The Morgan fingerprint density at radius 1 is 1.17 bits per heavy atom. The van der Waals surface area contributed by atoms with Gasteiger partial charge in [0.15, 0.2) is 0 Å². The molecule has 2 atom stereocenters. The molecular formula is C14H21N3O. The number of hydrogen-bond donors (Lipinski definition) is 1. The molecule has 0 unspecified atom stereocenters. The highest BCUT2D eigenvalue weighted by atomic mass is 16.3. The van der Waals surface area contributed by atoms with Gasteiger partial charge in [0.2, 0.25) is 0 Å². The molecule has 1 N–H and O–H groups in total. The van der Waals surface area contributed by atoms with Crippen molar-refractivity contribution >= 4 is 5.82 Å². The first-order valence-corrected chi connectivity index (χ1v) is 7.01. The van der Waals surface area contributed by atoms with E-state index < -0.39 is 0 Å². The van der Waals surface area contributed by atoms with Crippen molar-refractivity contribution in [2.45, 2.75) is 57.1 Å². The van der Waals surface area contributed by atoms with Gasteiger partial charge in [-0.3, -0.25) is 0 Å². The second-order valence-electron chi connectivity index (χ2n) is 5.51. The summed E-state index contributed by atoms with van der Waals surface area (Å²) in [6.45, 7) is 0. The molecule has 1 heterocycles. The van der Waals surface area contributed by atoms with Crippen molar-refractivity contribution < 1.29 is 5.11 Å². The average Bonchev–Trinajstić information content (AvgIpc) is 2.83. The lowest BCUT2D eigenvalue weighted by Gasteiger charge is -2.31. The maximum absolute atomic E-state index is 10.0. The second-order valence-corrected chi connectivity index (χ2v) is 5.51. The van der Waals surface area contributed by atoms with Gasteiger partial charge in [-0.2, -0.15) is 0 Å². The fourth-order valence-corrected chi connectivity index (χ4v) is 3.34. The Labute approximate surface area is 108 Å². The summed E-state index contributed by atoms with van der Waals surface area (Å²) in [5, 5.41) is 10.0. The number of rotatable bonds is 2. The minimum absolute atomic E-state index is 0.204. The maximum atomic E-state index is 10.0. The minimum Gasteiger partial charge on any atom is -0.391 e. The molecule has 0 amide bonds. The SMILES string of the molecule is CN(c1ncnc2c1CCCC2)[C@@H]1CCC[C@H]1O. The number of aromatic nitrogens is 2. The summed E-state index contributed by atoms with van der Waals surface area (Å²) >= 11 is 0. The molecule has 1 aromatic heterocycles. The third-order valence-electron chi connectivity index (χ3n) is 4.38. The van der Waals surface area contributed by atoms with E-state index >= 15 is 0 Å². The number of fused-ring (bicyclic) bond motifs is 1. The van der Waals surface area contributed by atoms with Crippen LogP contribution in [0.5, 0.6) is 0 Å². The number of aryl methyl sites for hydroxylation is 1. The molecule has 0 aromatic carbocycles. The molecule has 0 spiro atoms. The first kappa shape index (κ1) is 11.9. The van der Waals surface area contributed by atoms with E-state index in [1.807, 2.05) is 0 Å². The average molecular weight is 247 g/mol. The Bertz CT molecular complexity index is 435. The fraction of sp³-hybridized carbons (Fsp3) is 0.714. The topological polar surface area (TPSA) is 49.2 Å². The van der Waals surface area contributed by atoms with Gasteiger partial charge in [-0.1, -0.05) is 0 Å². The molecule has 0 bridgehead atoms. The van der Waals surface area contributed by atoms with Crippen LogP contribution in [0.1, 0.15) is 43.4 Å². The quantitative estimate of drug-likeness (QED) is 0.864. The molecule has 3 rings (SSSR count). The number of aliphatic hydroxyl groups is 1. The molecule has 1 aromatic rings. The lowest BCUT2D eigenvalue weighted by atomic mass is 9.96. The van der Waals surface area contributed by atoms with E-state index in [1.165, 1.54) is 24.1 Å². The van der Waals surface area contributed by atoms with E-state index in [-0.39, 0.29) is 12.1 Å². The largest absolute Gasteiger partial charge is 0.391 e. The Hall–Kier alpha value is -1.16. The zero-order valence-electron chi connectivity index (χ0n) is 11.0. The van der Waals surface area contributed by atoms with Gasteiger partial charge in [0.1, 0.15) is 12.1 Å². The Morgan fingerprint density at radius 2 is 2.00 bits per heavy atom. The Kier molecular flexibility index (Phi) is 3.20. The van der Waals surface area contributed by atoms with E-state index in [2.05, 4.69) is 21.9 Å². The summed E-state index contributed by atoms with van der Waals surface area (Å²) < 4.78 is 0. The maximum Gasteiger partial charge on any atom is 0.135 e. The highest BCUT2D eigenvalue weighted by Gasteiger charge is 2.31. The summed E-state index contributed by atoms with van der Waals surface area (Å²) in [7, 11) is 2.07. The van der Waals surface area contributed by atoms with Gasteiger partial charge in [0.05, 0.1) is 12.1 Å². The van der Waals surface area contributed by atoms with Crippen LogP contribution in [0.25, 0.3) is 0 Å². The molecule has 18 heavy (non-hydrogen) atoms. The van der Waals surface area contributed by atoms with Crippen molar-refractivity contribution in [2.24, 2.45) is 0 Å². The summed E-state index contributed by atoms with van der Waals surface area (Å²) in [6.07, 6.45) is 9.20. The molecule has 1 saturated carbocycles. The van der Waals surface area contributed by atoms with E-state index in [1.54, 1.807) is 6.33 Å². The van der Waals surface area contributed by atoms with Crippen molar-refractivity contribution in [3.8, 4) is 0 Å². The fourth-order valence-electron chi connectivity index (χ4n) is 3.34. The van der Waals surface area contributed by atoms with Crippen LogP contribution in [0.3, 0.4) is 0 Å². The first-order chi connectivity index (χ1) is 8.77. The number of hydrogen-bond acceptors (Lipinski definition) is 4. The van der Waals surface area contributed by atoms with Crippen LogP contribution in [0, 0.1) is 0 Å². The molecule has 0 aliphatic heterocycles. The summed E-state index contributed by atoms with van der Waals surface area (Å²) in [5.41, 5.74) is 2.52. The minimum atomic E-state index is -0.204. The number of anilines is 1. The second kappa shape index (κ2) is 4.84. The molecule has 2 aliphatic carbocycles. The Balaban J connectivity index is 1.91. The highest BCUT2D eigenvalue weighted by molar-refractivity contribution is 5.50. The van der Waals surface area contributed by atoms with Crippen molar-refractivity contribution in [2.75, 3.05) is 11.9 Å². The van der Waals surface area contributed by atoms with Crippen LogP contribution in [0.2, 0.25) is 0 Å². The van der Waals surface area contributed by atoms with Crippen LogP contribution >= 0.6 is 0 Å². The molecular weight excluding hydrogens is 226 g/mol. The first-order valence-electron chi connectivity index (χ1n) is 7.01. The van der Waals surface area contributed by atoms with Crippen LogP contribution in [-0.2, 0) is 12.8 Å². The predicted molar refractivity (Wildman–Crippen MR) is 70.7 cm³/mol. The molecule has 0 radical (unpaired) electrons. The van der Waals surface area contributed by atoms with Crippen LogP contribution in [-0.4, -0.2) is 34.3 Å². The van der Waals surface area contributed by atoms with Crippen LogP contribution in [0.4, 0.5) is 5.82 Å². The van der Waals surface area contributed by atoms with Gasteiger partial charge in [-0.25, -0.2) is 9.97 Å². The van der Waals surface area contributed by atoms with Gasteiger partial charge >= 0.3 is 0 Å². The van der Waals surface area contributed by atoms with Gasteiger partial charge in [-0.05, 0) is 44.9 Å². The van der Waals surface area contributed by atoms with Gasteiger partial charge in [-0.15, -0.1) is 0 Å². The highest BCUT2D eigenvalue weighted by Crippen LogP contribution is 2.31. The number of aliphatic hydroxyl groups excluding tert-OH is 1. The van der Waals surface area contributed by atoms with E-state index in [9.17, 15) is 5.11 Å². The lowest BCUT2D eigenvalue weighted by molar-refractivity contribution is 0.162. The third kappa shape index (κ3) is 1.99. The normalized spacial score (nSPS) is 27.0. The van der Waals surface area contributed by atoms with Crippen molar-refractivity contribution in [1.82, 2.24) is 9.97 Å². The van der Waals surface area contributed by atoms with E-state index in [0.717, 1.165) is 37.9 Å². The van der Waals surface area contributed by atoms with Gasteiger partial charge in [0.25, 0.3) is 0 Å². The summed E-state index contributed by atoms with van der Waals surface area (Å²) in [4.78, 5) is 11.1. The smallest absolute Gasteiger partial charge is 0.135 e. The monoisotopic (exact) mass is 247 g/mol. The molecule has 2 aliphatic rings. The zero-order chi connectivity index (χ0) is 12.5. The van der Waals surface area contributed by atoms with Crippen molar-refractivity contribution in [3.05, 3.63) is 17.6 Å². The number of nitrogens with zero attached hydrogens (tertiary/aromatic N) is 3. The van der Waals surface area contributed by atoms with Crippen LogP contribution in [0.15, 0.2) is 6.33 Å². The van der Waals surface area contributed by atoms with Crippen molar-refractivity contribution in [3.63, 3.8) is 0 Å². The lowest BCUT2D eigenvalue weighted by Crippen LogP contribution is -2.39. The summed E-state index contributed by atoms with van der Waals surface area (Å²) in [5.74, 6) is 1.05. The number of likely N-dealkylation sites (N-methyl/N-ethyl adjacent to an activating group) is 1. The Morgan fingerprint density at radius 3 is 2.78 bits per heavy atom. The summed E-state index contributed by atoms with van der Waals surface area (Å²) in [6, 6.07) is 0.228. The van der Waals surface area contributed by atoms with Crippen LogP contribution < -0.4 is 4.90 Å². The van der Waals surface area contributed by atoms with E-state index in [0.29, 0.717) is 0 Å². The predicted octanol–water partition coefficient (Wildman–Crippen LogP) is 1.70. The molecule has 4 nitrogen and oxygen atoms in total.